The molecule has 3 aromatic rings. The summed E-state index contributed by atoms with van der Waals surface area (Å²) in [5.41, 5.74) is 3.89. The van der Waals surface area contributed by atoms with Crippen LogP contribution >= 0.6 is 11.6 Å². The Kier molecular flexibility index (Phi) is 3.30. The van der Waals surface area contributed by atoms with Crippen LogP contribution in [0.2, 0.25) is 5.02 Å². The number of rotatable bonds is 3. The van der Waals surface area contributed by atoms with E-state index in [0.717, 1.165) is 22.3 Å². The molecular formula is C14H14ClN5. The summed E-state index contributed by atoms with van der Waals surface area (Å²) in [6.07, 6.45) is 0. The van der Waals surface area contributed by atoms with E-state index < -0.39 is 0 Å². The Morgan fingerprint density at radius 2 is 1.95 bits per heavy atom. The highest BCUT2D eigenvalue weighted by Crippen LogP contribution is 2.19. The predicted molar refractivity (Wildman–Crippen MR) is 80.3 cm³/mol. The molecule has 0 aliphatic rings. The Labute approximate surface area is 121 Å². The molecule has 0 spiro atoms. The summed E-state index contributed by atoms with van der Waals surface area (Å²) in [6, 6.07) is 13.4. The summed E-state index contributed by atoms with van der Waals surface area (Å²) in [4.78, 5) is 0. The fraction of sp³-hybridized carbons (Fsp3) is 0.143. The fourth-order valence-corrected chi connectivity index (χ4v) is 2.22. The normalized spacial score (nSPS) is 10.9. The lowest BCUT2D eigenvalue weighted by Crippen LogP contribution is -2.29. The highest BCUT2D eigenvalue weighted by Gasteiger charge is 2.06. The maximum Gasteiger partial charge on any atom is 0.113 e. The standard InChI is InChI=1S/C14H14ClN5/c1-19-14-8-10(2-7-13(14)17-18-19)9-20(16)12-5-3-11(15)4-6-12/h2-8H,9,16H2,1H3. The number of halogens is 1. The summed E-state index contributed by atoms with van der Waals surface area (Å²) >= 11 is 5.87. The van der Waals surface area contributed by atoms with Crippen molar-refractivity contribution in [2.24, 2.45) is 12.9 Å². The second kappa shape index (κ2) is 5.11. The maximum atomic E-state index is 6.09. The van der Waals surface area contributed by atoms with Gasteiger partial charge >= 0.3 is 0 Å². The van der Waals surface area contributed by atoms with Gasteiger partial charge in [-0.3, -0.25) is 0 Å². The number of anilines is 1. The quantitative estimate of drug-likeness (QED) is 0.594. The van der Waals surface area contributed by atoms with E-state index in [1.54, 1.807) is 9.69 Å². The van der Waals surface area contributed by atoms with Gasteiger partial charge in [0.25, 0.3) is 0 Å². The zero-order chi connectivity index (χ0) is 14.1. The molecule has 2 N–H and O–H groups in total. The summed E-state index contributed by atoms with van der Waals surface area (Å²) in [5, 5.41) is 10.4. The molecule has 20 heavy (non-hydrogen) atoms. The Balaban J connectivity index is 1.84. The number of benzene rings is 2. The Morgan fingerprint density at radius 3 is 2.70 bits per heavy atom. The molecule has 0 unspecified atom stereocenters. The number of hydrazine groups is 1. The molecule has 0 saturated carbocycles. The van der Waals surface area contributed by atoms with Crippen molar-refractivity contribution >= 4 is 28.3 Å². The van der Waals surface area contributed by atoms with Gasteiger partial charge in [-0.2, -0.15) is 0 Å². The van der Waals surface area contributed by atoms with Crippen LogP contribution in [0, 0.1) is 0 Å². The number of hydrogen-bond acceptors (Lipinski definition) is 4. The van der Waals surface area contributed by atoms with Gasteiger partial charge in [0.1, 0.15) is 5.52 Å². The molecule has 0 fully saturated rings. The Hall–Kier alpha value is -2.11. The van der Waals surface area contributed by atoms with Gasteiger partial charge in [0.05, 0.1) is 17.7 Å². The fourth-order valence-electron chi connectivity index (χ4n) is 2.10. The molecule has 0 aliphatic carbocycles. The van der Waals surface area contributed by atoms with Gasteiger partial charge in [0.15, 0.2) is 0 Å². The van der Waals surface area contributed by atoms with Crippen LogP contribution in [-0.2, 0) is 13.6 Å². The Morgan fingerprint density at radius 1 is 1.20 bits per heavy atom. The lowest BCUT2D eigenvalue weighted by Gasteiger charge is -2.18. The second-order valence-corrected chi connectivity index (χ2v) is 5.08. The average molecular weight is 288 g/mol. The number of fused-ring (bicyclic) bond motifs is 1. The maximum absolute atomic E-state index is 6.09. The zero-order valence-corrected chi connectivity index (χ0v) is 11.7. The molecule has 0 saturated heterocycles. The van der Waals surface area contributed by atoms with Gasteiger partial charge in [-0.05, 0) is 42.0 Å². The molecule has 2 aromatic carbocycles. The summed E-state index contributed by atoms with van der Waals surface area (Å²) < 4.78 is 1.75. The van der Waals surface area contributed by atoms with E-state index in [0.29, 0.717) is 11.6 Å². The van der Waals surface area contributed by atoms with Crippen LogP contribution in [0.15, 0.2) is 42.5 Å². The van der Waals surface area contributed by atoms with E-state index in [-0.39, 0.29) is 0 Å². The summed E-state index contributed by atoms with van der Waals surface area (Å²) in [7, 11) is 1.87. The molecule has 1 heterocycles. The van der Waals surface area contributed by atoms with Gasteiger partial charge in [-0.1, -0.05) is 22.9 Å². The van der Waals surface area contributed by atoms with E-state index in [1.165, 1.54) is 0 Å². The summed E-state index contributed by atoms with van der Waals surface area (Å²) in [6.45, 7) is 0.600. The van der Waals surface area contributed by atoms with Gasteiger partial charge in [0, 0.05) is 12.1 Å². The minimum atomic E-state index is 0.600. The third-order valence-corrected chi connectivity index (χ3v) is 3.44. The van der Waals surface area contributed by atoms with E-state index in [1.807, 2.05) is 49.5 Å². The molecule has 0 radical (unpaired) electrons. The highest BCUT2D eigenvalue weighted by atomic mass is 35.5. The zero-order valence-electron chi connectivity index (χ0n) is 11.0. The number of nitrogens with two attached hydrogens (primary N) is 1. The first-order valence-electron chi connectivity index (χ1n) is 6.19. The number of aromatic nitrogens is 3. The van der Waals surface area contributed by atoms with E-state index in [2.05, 4.69) is 10.3 Å². The minimum Gasteiger partial charge on any atom is -0.307 e. The predicted octanol–water partition coefficient (Wildman–Crippen LogP) is 2.50. The third-order valence-electron chi connectivity index (χ3n) is 3.19. The second-order valence-electron chi connectivity index (χ2n) is 4.64. The van der Waals surface area contributed by atoms with E-state index in [4.69, 9.17) is 17.4 Å². The molecule has 5 nitrogen and oxygen atoms in total. The largest absolute Gasteiger partial charge is 0.307 e. The first kappa shape index (κ1) is 12.9. The molecular weight excluding hydrogens is 274 g/mol. The SMILES string of the molecule is Cn1nnc2ccc(CN(N)c3ccc(Cl)cc3)cc21. The van der Waals surface area contributed by atoms with Crippen molar-refractivity contribution < 1.29 is 0 Å². The van der Waals surface area contributed by atoms with Gasteiger partial charge < -0.3 is 5.01 Å². The lowest BCUT2D eigenvalue weighted by atomic mass is 10.2. The van der Waals surface area contributed by atoms with Crippen LogP contribution in [-0.4, -0.2) is 15.0 Å². The van der Waals surface area contributed by atoms with Crippen molar-refractivity contribution in [2.45, 2.75) is 6.54 Å². The highest BCUT2D eigenvalue weighted by molar-refractivity contribution is 6.30. The third kappa shape index (κ3) is 2.45. The number of aryl methyl sites for hydroxylation is 1. The van der Waals surface area contributed by atoms with Crippen LogP contribution in [0.25, 0.3) is 11.0 Å². The average Bonchev–Trinajstić information content (AvgIpc) is 2.81. The molecule has 6 heteroatoms. The van der Waals surface area contributed by atoms with Crippen LogP contribution in [0.5, 0.6) is 0 Å². The van der Waals surface area contributed by atoms with Gasteiger partial charge in [0.2, 0.25) is 0 Å². The van der Waals surface area contributed by atoms with Gasteiger partial charge in [-0.25, -0.2) is 10.5 Å². The van der Waals surface area contributed by atoms with Gasteiger partial charge in [-0.15, -0.1) is 5.10 Å². The van der Waals surface area contributed by atoms with Crippen LogP contribution in [0.4, 0.5) is 5.69 Å². The van der Waals surface area contributed by atoms with Crippen molar-refractivity contribution in [3.8, 4) is 0 Å². The monoisotopic (exact) mass is 287 g/mol. The molecule has 102 valence electrons. The van der Waals surface area contributed by atoms with Crippen molar-refractivity contribution in [3.05, 3.63) is 53.1 Å². The van der Waals surface area contributed by atoms with E-state index in [9.17, 15) is 0 Å². The molecule has 1 aromatic heterocycles. The number of hydrogen-bond donors (Lipinski definition) is 1. The number of nitrogens with zero attached hydrogens (tertiary/aromatic N) is 4. The smallest absolute Gasteiger partial charge is 0.113 e. The first-order chi connectivity index (χ1) is 9.63. The van der Waals surface area contributed by atoms with Crippen molar-refractivity contribution in [1.29, 1.82) is 0 Å². The molecule has 3 rings (SSSR count). The van der Waals surface area contributed by atoms with Crippen LogP contribution in [0.3, 0.4) is 0 Å². The van der Waals surface area contributed by atoms with Crippen molar-refractivity contribution in [3.63, 3.8) is 0 Å². The van der Waals surface area contributed by atoms with Crippen LogP contribution in [0.1, 0.15) is 5.56 Å². The van der Waals surface area contributed by atoms with Crippen LogP contribution < -0.4 is 10.9 Å². The van der Waals surface area contributed by atoms with E-state index >= 15 is 0 Å². The molecule has 0 aliphatic heterocycles. The molecule has 0 atom stereocenters. The Bertz CT molecular complexity index is 735. The van der Waals surface area contributed by atoms with Crippen molar-refractivity contribution in [1.82, 2.24) is 15.0 Å². The minimum absolute atomic E-state index is 0.600. The molecule has 0 amide bonds. The topological polar surface area (TPSA) is 60.0 Å². The summed E-state index contributed by atoms with van der Waals surface area (Å²) in [5.74, 6) is 6.09. The lowest BCUT2D eigenvalue weighted by molar-refractivity contribution is 0.736. The first-order valence-corrected chi connectivity index (χ1v) is 6.57. The molecule has 0 bridgehead atoms. The van der Waals surface area contributed by atoms with Crippen molar-refractivity contribution in [2.75, 3.05) is 5.01 Å².